The van der Waals surface area contributed by atoms with Crippen molar-refractivity contribution < 1.29 is 23.0 Å². The molecule has 0 aliphatic rings. The zero-order valence-electron chi connectivity index (χ0n) is 9.07. The fraction of sp³-hybridized carbons (Fsp3) is 0.300. The van der Waals surface area contributed by atoms with Crippen molar-refractivity contribution in [1.82, 2.24) is 0 Å². The highest BCUT2D eigenvalue weighted by atomic mass is 19.3. The monoisotopic (exact) mass is 246 g/mol. The van der Waals surface area contributed by atoms with Gasteiger partial charge in [-0.15, -0.1) is 0 Å². The van der Waals surface area contributed by atoms with Crippen LogP contribution in [0, 0.1) is 0 Å². The van der Waals surface area contributed by atoms with Crippen molar-refractivity contribution in [2.75, 3.05) is 18.1 Å². The van der Waals surface area contributed by atoms with Crippen molar-refractivity contribution in [3.05, 3.63) is 17.7 Å². The summed E-state index contributed by atoms with van der Waals surface area (Å²) in [6.07, 6.45) is 0. The molecule has 0 saturated heterocycles. The minimum atomic E-state index is -3.01. The highest BCUT2D eigenvalue weighted by Gasteiger charge is 2.17. The molecule has 0 spiro atoms. The van der Waals surface area contributed by atoms with Gasteiger partial charge in [0.2, 0.25) is 0 Å². The lowest BCUT2D eigenvalue weighted by atomic mass is 10.1. The lowest BCUT2D eigenvalue weighted by Gasteiger charge is -2.12. The van der Waals surface area contributed by atoms with Crippen LogP contribution in [0.5, 0.6) is 5.75 Å². The molecule has 1 rings (SSSR count). The number of ether oxygens (including phenoxy) is 2. The van der Waals surface area contributed by atoms with Gasteiger partial charge in [0, 0.05) is 0 Å². The molecule has 0 radical (unpaired) electrons. The molecular weight excluding hydrogens is 234 g/mol. The Kier molecular flexibility index (Phi) is 4.08. The summed E-state index contributed by atoms with van der Waals surface area (Å²) in [6, 6.07) is 2.37. The van der Waals surface area contributed by atoms with E-state index in [0.29, 0.717) is 0 Å². The topological polar surface area (TPSA) is 87.6 Å². The van der Waals surface area contributed by atoms with Crippen LogP contribution in [0.1, 0.15) is 17.3 Å². The van der Waals surface area contributed by atoms with E-state index in [1.54, 1.807) is 6.92 Å². The molecule has 0 aliphatic heterocycles. The SMILES string of the molecule is CCOC(=O)c1ccc(OC(F)F)c(N)c1N. The number of hydrogen-bond acceptors (Lipinski definition) is 5. The van der Waals surface area contributed by atoms with Gasteiger partial charge >= 0.3 is 12.6 Å². The smallest absolute Gasteiger partial charge is 0.387 e. The highest BCUT2D eigenvalue weighted by Crippen LogP contribution is 2.31. The van der Waals surface area contributed by atoms with Gasteiger partial charge in [-0.25, -0.2) is 4.79 Å². The first-order valence-corrected chi connectivity index (χ1v) is 4.77. The summed E-state index contributed by atoms with van der Waals surface area (Å²) in [7, 11) is 0. The third-order valence-electron chi connectivity index (χ3n) is 1.96. The largest absolute Gasteiger partial charge is 0.462 e. The number of carbonyl (C=O) groups is 1. The third-order valence-corrected chi connectivity index (χ3v) is 1.96. The number of esters is 1. The molecule has 0 heterocycles. The zero-order valence-corrected chi connectivity index (χ0v) is 9.07. The van der Waals surface area contributed by atoms with Crippen molar-refractivity contribution in [3.63, 3.8) is 0 Å². The second-order valence-electron chi connectivity index (χ2n) is 3.04. The van der Waals surface area contributed by atoms with Crippen LogP contribution in [0.2, 0.25) is 0 Å². The average Bonchev–Trinajstić information content (AvgIpc) is 2.24. The lowest BCUT2D eigenvalue weighted by molar-refractivity contribution is -0.0492. The van der Waals surface area contributed by atoms with Gasteiger partial charge in [0.15, 0.2) is 5.75 Å². The normalized spacial score (nSPS) is 10.4. The summed E-state index contributed by atoms with van der Waals surface area (Å²) in [5.41, 5.74) is 10.7. The molecule has 0 aliphatic carbocycles. The third kappa shape index (κ3) is 2.96. The van der Waals surface area contributed by atoms with Crippen LogP contribution in [0.25, 0.3) is 0 Å². The first-order valence-electron chi connectivity index (χ1n) is 4.77. The number of carbonyl (C=O) groups excluding carboxylic acids is 1. The molecule has 94 valence electrons. The molecule has 0 atom stereocenters. The number of nitrogen functional groups attached to an aromatic ring is 2. The van der Waals surface area contributed by atoms with Gasteiger partial charge in [-0.2, -0.15) is 8.78 Å². The second kappa shape index (κ2) is 5.33. The predicted octanol–water partition coefficient (Wildman–Crippen LogP) is 1.63. The lowest BCUT2D eigenvalue weighted by Crippen LogP contribution is -2.12. The van der Waals surface area contributed by atoms with E-state index in [2.05, 4.69) is 4.74 Å². The van der Waals surface area contributed by atoms with E-state index in [-0.39, 0.29) is 29.3 Å². The standard InChI is InChI=1S/C10H12F2N2O3/c1-2-16-9(15)5-3-4-6(17-10(11)12)8(14)7(5)13/h3-4,10H,2,13-14H2,1H3. The Bertz CT molecular complexity index is 424. The van der Waals surface area contributed by atoms with Crippen LogP contribution in [0.4, 0.5) is 20.2 Å². The minimum Gasteiger partial charge on any atom is -0.462 e. The average molecular weight is 246 g/mol. The molecule has 0 aromatic heterocycles. The van der Waals surface area contributed by atoms with E-state index < -0.39 is 12.6 Å². The van der Waals surface area contributed by atoms with E-state index >= 15 is 0 Å². The summed E-state index contributed by atoms with van der Waals surface area (Å²) in [4.78, 5) is 11.4. The maximum Gasteiger partial charge on any atom is 0.387 e. The summed E-state index contributed by atoms with van der Waals surface area (Å²) < 4.78 is 32.9. The number of hydrogen-bond donors (Lipinski definition) is 2. The first-order chi connectivity index (χ1) is 7.97. The van der Waals surface area contributed by atoms with Crippen LogP contribution in [0.15, 0.2) is 12.1 Å². The molecule has 1 aromatic rings. The number of alkyl halides is 2. The number of halogens is 2. The van der Waals surface area contributed by atoms with Crippen molar-refractivity contribution in [2.45, 2.75) is 13.5 Å². The van der Waals surface area contributed by atoms with Crippen LogP contribution < -0.4 is 16.2 Å². The second-order valence-corrected chi connectivity index (χ2v) is 3.04. The fourth-order valence-corrected chi connectivity index (χ4v) is 1.20. The first kappa shape index (κ1) is 13.0. The van der Waals surface area contributed by atoms with Crippen molar-refractivity contribution in [3.8, 4) is 5.75 Å². The number of rotatable bonds is 4. The van der Waals surface area contributed by atoms with E-state index in [0.717, 1.165) is 6.07 Å². The number of benzene rings is 1. The van der Waals surface area contributed by atoms with Gasteiger partial charge in [0.05, 0.1) is 23.5 Å². The van der Waals surface area contributed by atoms with Crippen molar-refractivity contribution in [2.24, 2.45) is 0 Å². The number of anilines is 2. The van der Waals surface area contributed by atoms with Gasteiger partial charge in [0.1, 0.15) is 0 Å². The molecule has 0 amide bonds. The molecule has 5 nitrogen and oxygen atoms in total. The number of nitrogens with two attached hydrogens (primary N) is 2. The Morgan fingerprint density at radius 2 is 2.00 bits per heavy atom. The zero-order chi connectivity index (χ0) is 13.0. The predicted molar refractivity (Wildman–Crippen MR) is 57.9 cm³/mol. The van der Waals surface area contributed by atoms with Crippen LogP contribution in [-0.4, -0.2) is 19.2 Å². The summed E-state index contributed by atoms with van der Waals surface area (Å²) in [5, 5.41) is 0. The van der Waals surface area contributed by atoms with E-state index in [1.807, 2.05) is 0 Å². The van der Waals surface area contributed by atoms with E-state index in [9.17, 15) is 13.6 Å². The Morgan fingerprint density at radius 3 is 2.53 bits per heavy atom. The molecule has 1 aromatic carbocycles. The Morgan fingerprint density at radius 1 is 1.35 bits per heavy atom. The maximum absolute atomic E-state index is 12.0. The Hall–Kier alpha value is -2.05. The van der Waals surface area contributed by atoms with Gasteiger partial charge in [-0.3, -0.25) is 0 Å². The van der Waals surface area contributed by atoms with Gasteiger partial charge < -0.3 is 20.9 Å². The molecule has 0 saturated carbocycles. The van der Waals surface area contributed by atoms with E-state index in [1.165, 1.54) is 6.07 Å². The van der Waals surface area contributed by atoms with Crippen molar-refractivity contribution >= 4 is 17.3 Å². The van der Waals surface area contributed by atoms with Gasteiger partial charge in [-0.1, -0.05) is 0 Å². The van der Waals surface area contributed by atoms with E-state index in [4.69, 9.17) is 16.2 Å². The molecule has 0 fully saturated rings. The Balaban J connectivity index is 3.06. The summed E-state index contributed by atoms with van der Waals surface area (Å²) >= 11 is 0. The van der Waals surface area contributed by atoms with Crippen molar-refractivity contribution in [1.29, 1.82) is 0 Å². The molecule has 0 bridgehead atoms. The van der Waals surface area contributed by atoms with Gasteiger partial charge in [-0.05, 0) is 19.1 Å². The Labute approximate surface area is 96.3 Å². The highest BCUT2D eigenvalue weighted by molar-refractivity contribution is 5.99. The fourth-order valence-electron chi connectivity index (χ4n) is 1.20. The van der Waals surface area contributed by atoms with Gasteiger partial charge in [0.25, 0.3) is 0 Å². The molecule has 7 heteroatoms. The molecule has 0 unspecified atom stereocenters. The molecule has 4 N–H and O–H groups in total. The minimum absolute atomic E-state index is 0.0194. The summed E-state index contributed by atoms with van der Waals surface area (Å²) in [6.45, 7) is -1.20. The van der Waals surface area contributed by atoms with Crippen LogP contribution in [-0.2, 0) is 4.74 Å². The molecule has 17 heavy (non-hydrogen) atoms. The maximum atomic E-state index is 12.0. The quantitative estimate of drug-likeness (QED) is 0.622. The summed E-state index contributed by atoms with van der Waals surface area (Å²) in [5.74, 6) is -0.939. The van der Waals surface area contributed by atoms with Crippen LogP contribution >= 0.6 is 0 Å². The molecular formula is C10H12F2N2O3. The van der Waals surface area contributed by atoms with Crippen LogP contribution in [0.3, 0.4) is 0 Å².